The van der Waals surface area contributed by atoms with Crippen molar-refractivity contribution in [1.82, 2.24) is 10.3 Å². The van der Waals surface area contributed by atoms with Crippen LogP contribution >= 0.6 is 27.3 Å². The number of hydrogen-bond acceptors (Lipinski definition) is 3. The van der Waals surface area contributed by atoms with E-state index in [2.05, 4.69) is 57.6 Å². The third kappa shape index (κ3) is 3.40. The van der Waals surface area contributed by atoms with Crippen LogP contribution in [0, 0.1) is 6.92 Å². The van der Waals surface area contributed by atoms with Gasteiger partial charge in [-0.05, 0) is 64.5 Å². The van der Waals surface area contributed by atoms with Gasteiger partial charge < -0.3 is 5.32 Å². The highest BCUT2D eigenvalue weighted by Crippen LogP contribution is 2.27. The van der Waals surface area contributed by atoms with Crippen LogP contribution in [0.15, 0.2) is 34.4 Å². The molecule has 0 fully saturated rings. The first-order chi connectivity index (χ1) is 8.70. The summed E-state index contributed by atoms with van der Waals surface area (Å²) in [4.78, 5) is 5.66. The second-order valence-corrected chi connectivity index (χ2v) is 6.16. The van der Waals surface area contributed by atoms with Gasteiger partial charge in [0.25, 0.3) is 0 Å². The Kier molecular flexibility index (Phi) is 4.92. The number of aromatic nitrogens is 1. The van der Waals surface area contributed by atoms with Crippen LogP contribution in [0.1, 0.15) is 29.0 Å². The van der Waals surface area contributed by atoms with Crippen molar-refractivity contribution in [1.29, 1.82) is 0 Å². The monoisotopic (exact) mass is 324 g/mol. The van der Waals surface area contributed by atoms with E-state index in [1.165, 1.54) is 16.0 Å². The van der Waals surface area contributed by atoms with E-state index in [0.717, 1.165) is 17.4 Å². The number of hydrogen-bond donors (Lipinski definition) is 1. The van der Waals surface area contributed by atoms with Gasteiger partial charge in [-0.2, -0.15) is 0 Å². The molecule has 0 spiro atoms. The van der Waals surface area contributed by atoms with Gasteiger partial charge in [-0.1, -0.05) is 6.92 Å². The van der Waals surface area contributed by atoms with Crippen molar-refractivity contribution in [3.8, 4) is 0 Å². The van der Waals surface area contributed by atoms with Gasteiger partial charge in [0.05, 0.1) is 0 Å². The van der Waals surface area contributed by atoms with Gasteiger partial charge in [0.2, 0.25) is 0 Å². The fourth-order valence-electron chi connectivity index (χ4n) is 2.05. The highest BCUT2D eigenvalue weighted by molar-refractivity contribution is 9.10. The molecule has 0 saturated carbocycles. The van der Waals surface area contributed by atoms with Crippen molar-refractivity contribution in [3.05, 3.63) is 50.4 Å². The number of aryl methyl sites for hydroxylation is 1. The summed E-state index contributed by atoms with van der Waals surface area (Å²) in [5.41, 5.74) is 2.62. The van der Waals surface area contributed by atoms with E-state index < -0.39 is 0 Å². The van der Waals surface area contributed by atoms with Gasteiger partial charge in [0.1, 0.15) is 0 Å². The molecule has 0 aliphatic rings. The Hall–Kier alpha value is -0.710. The van der Waals surface area contributed by atoms with Crippen LogP contribution in [0.4, 0.5) is 0 Å². The molecule has 1 N–H and O–H groups in total. The molecule has 1 atom stereocenters. The van der Waals surface area contributed by atoms with E-state index in [-0.39, 0.29) is 0 Å². The van der Waals surface area contributed by atoms with Gasteiger partial charge in [-0.25, -0.2) is 0 Å². The SMILES string of the molecule is CCNC(Cc1cncc(Br)c1)c1sccc1C. The van der Waals surface area contributed by atoms with Crippen LogP contribution in [-0.4, -0.2) is 11.5 Å². The summed E-state index contributed by atoms with van der Waals surface area (Å²) in [5, 5.41) is 5.72. The summed E-state index contributed by atoms with van der Waals surface area (Å²) < 4.78 is 1.04. The highest BCUT2D eigenvalue weighted by Gasteiger charge is 2.15. The molecule has 4 heteroatoms. The maximum Gasteiger partial charge on any atom is 0.0458 e. The number of likely N-dealkylation sites (N-methyl/N-ethyl adjacent to an activating group) is 1. The van der Waals surface area contributed by atoms with Crippen LogP contribution in [0.25, 0.3) is 0 Å². The predicted octanol–water partition coefficient (Wildman–Crippen LogP) is 4.11. The molecule has 0 aliphatic carbocycles. The van der Waals surface area contributed by atoms with Crippen molar-refractivity contribution in [2.45, 2.75) is 26.3 Å². The first-order valence-corrected chi connectivity index (χ1v) is 7.74. The van der Waals surface area contributed by atoms with Crippen LogP contribution in [-0.2, 0) is 6.42 Å². The molecule has 2 aromatic heterocycles. The summed E-state index contributed by atoms with van der Waals surface area (Å²) in [6.07, 6.45) is 4.74. The lowest BCUT2D eigenvalue weighted by Gasteiger charge is -2.17. The average Bonchev–Trinajstić information content (AvgIpc) is 2.75. The zero-order valence-corrected chi connectivity index (χ0v) is 13.0. The fourth-order valence-corrected chi connectivity index (χ4v) is 3.46. The lowest BCUT2D eigenvalue weighted by Crippen LogP contribution is -2.22. The minimum atomic E-state index is 0.381. The van der Waals surface area contributed by atoms with E-state index >= 15 is 0 Å². The second-order valence-electron chi connectivity index (χ2n) is 4.29. The molecule has 96 valence electrons. The summed E-state index contributed by atoms with van der Waals surface area (Å²) in [6, 6.07) is 4.70. The molecule has 18 heavy (non-hydrogen) atoms. The molecule has 2 heterocycles. The molecule has 2 nitrogen and oxygen atoms in total. The quantitative estimate of drug-likeness (QED) is 0.895. The Bertz CT molecular complexity index is 510. The Morgan fingerprint density at radius 2 is 2.28 bits per heavy atom. The van der Waals surface area contributed by atoms with Gasteiger partial charge in [0.15, 0.2) is 0 Å². The summed E-state index contributed by atoms with van der Waals surface area (Å²) in [5.74, 6) is 0. The van der Waals surface area contributed by atoms with Crippen molar-refractivity contribution in [3.63, 3.8) is 0 Å². The van der Waals surface area contributed by atoms with Crippen molar-refractivity contribution < 1.29 is 0 Å². The predicted molar refractivity (Wildman–Crippen MR) is 81.1 cm³/mol. The largest absolute Gasteiger partial charge is 0.309 e. The average molecular weight is 325 g/mol. The topological polar surface area (TPSA) is 24.9 Å². The van der Waals surface area contributed by atoms with Crippen molar-refractivity contribution in [2.24, 2.45) is 0 Å². The molecule has 0 aromatic carbocycles. The standard InChI is InChI=1S/C14H17BrN2S/c1-3-17-13(14-10(2)4-5-18-14)7-11-6-12(15)9-16-8-11/h4-6,8-9,13,17H,3,7H2,1-2H3. The molecule has 1 unspecified atom stereocenters. The minimum Gasteiger partial charge on any atom is -0.309 e. The van der Waals surface area contributed by atoms with E-state index in [0.29, 0.717) is 6.04 Å². The Morgan fingerprint density at radius 1 is 1.44 bits per heavy atom. The number of nitrogens with zero attached hydrogens (tertiary/aromatic N) is 1. The third-order valence-corrected chi connectivity index (χ3v) is 4.44. The van der Waals surface area contributed by atoms with Crippen LogP contribution < -0.4 is 5.32 Å². The number of pyridine rings is 1. The molecular formula is C14H17BrN2S. The molecular weight excluding hydrogens is 308 g/mol. The van der Waals surface area contributed by atoms with Crippen LogP contribution in [0.5, 0.6) is 0 Å². The molecule has 0 bridgehead atoms. The van der Waals surface area contributed by atoms with Gasteiger partial charge in [-0.15, -0.1) is 11.3 Å². The molecule has 0 saturated heterocycles. The zero-order valence-electron chi connectivity index (χ0n) is 10.6. The number of halogens is 1. The maximum atomic E-state index is 4.23. The van der Waals surface area contributed by atoms with Crippen LogP contribution in [0.2, 0.25) is 0 Å². The number of rotatable bonds is 5. The van der Waals surface area contributed by atoms with Gasteiger partial charge >= 0.3 is 0 Å². The maximum absolute atomic E-state index is 4.23. The van der Waals surface area contributed by atoms with Gasteiger partial charge in [-0.3, -0.25) is 4.98 Å². The normalized spacial score (nSPS) is 12.6. The van der Waals surface area contributed by atoms with Crippen molar-refractivity contribution >= 4 is 27.3 Å². The minimum absolute atomic E-state index is 0.381. The highest BCUT2D eigenvalue weighted by atomic mass is 79.9. The van der Waals surface area contributed by atoms with E-state index in [1.54, 1.807) is 0 Å². The molecule has 0 radical (unpaired) electrons. The van der Waals surface area contributed by atoms with E-state index in [4.69, 9.17) is 0 Å². The fraction of sp³-hybridized carbons (Fsp3) is 0.357. The third-order valence-electron chi connectivity index (χ3n) is 2.87. The Morgan fingerprint density at radius 3 is 2.89 bits per heavy atom. The van der Waals surface area contributed by atoms with E-state index in [1.807, 2.05) is 23.7 Å². The van der Waals surface area contributed by atoms with Crippen LogP contribution in [0.3, 0.4) is 0 Å². The first-order valence-electron chi connectivity index (χ1n) is 6.07. The molecule has 0 aliphatic heterocycles. The Labute approximate surface area is 121 Å². The lowest BCUT2D eigenvalue weighted by molar-refractivity contribution is 0.555. The molecule has 0 amide bonds. The number of nitrogens with one attached hydrogen (secondary N) is 1. The molecule has 2 rings (SSSR count). The van der Waals surface area contributed by atoms with Crippen molar-refractivity contribution in [2.75, 3.05) is 6.54 Å². The Balaban J connectivity index is 2.19. The van der Waals surface area contributed by atoms with Gasteiger partial charge in [0, 0.05) is 27.8 Å². The smallest absolute Gasteiger partial charge is 0.0458 e. The summed E-state index contributed by atoms with van der Waals surface area (Å²) in [7, 11) is 0. The summed E-state index contributed by atoms with van der Waals surface area (Å²) in [6.45, 7) is 5.30. The summed E-state index contributed by atoms with van der Waals surface area (Å²) >= 11 is 5.30. The first kappa shape index (κ1) is 13.7. The lowest BCUT2D eigenvalue weighted by atomic mass is 10.0. The zero-order chi connectivity index (χ0) is 13.0. The van der Waals surface area contributed by atoms with E-state index in [9.17, 15) is 0 Å². The number of thiophene rings is 1. The molecule has 2 aromatic rings. The second kappa shape index (κ2) is 6.45.